The van der Waals surface area contributed by atoms with E-state index in [-0.39, 0.29) is 11.8 Å². The molecule has 1 N–H and O–H groups in total. The lowest BCUT2D eigenvalue weighted by atomic mass is 10.1. The highest BCUT2D eigenvalue weighted by Gasteiger charge is 2.25. The van der Waals surface area contributed by atoms with Crippen LogP contribution >= 0.6 is 0 Å². The highest BCUT2D eigenvalue weighted by atomic mass is 16.5. The van der Waals surface area contributed by atoms with Crippen LogP contribution in [0.15, 0.2) is 4.52 Å². The monoisotopic (exact) mass is 237 g/mol. The maximum atomic E-state index is 12.2. The molecule has 1 saturated heterocycles. The van der Waals surface area contributed by atoms with Crippen molar-refractivity contribution in [3.05, 3.63) is 17.0 Å². The Morgan fingerprint density at radius 2 is 2.06 bits per heavy atom. The smallest absolute Gasteiger partial charge is 0.276 e. The molecule has 1 aliphatic rings. The van der Waals surface area contributed by atoms with Crippen LogP contribution in [0.25, 0.3) is 0 Å². The Bertz CT molecular complexity index is 406. The molecule has 1 aromatic heterocycles. The molecule has 0 spiro atoms. The summed E-state index contributed by atoms with van der Waals surface area (Å²) in [7, 11) is 0. The fourth-order valence-electron chi connectivity index (χ4n) is 2.10. The van der Waals surface area contributed by atoms with E-state index in [2.05, 4.69) is 10.5 Å². The van der Waals surface area contributed by atoms with Crippen LogP contribution in [-0.2, 0) is 0 Å². The standard InChI is InChI=1S/C12H19N3O2/c1-8(2)11-9(3)10(14-17-11)12(16)15-6-4-13-5-7-15/h8,13H,4-7H2,1-3H3. The SMILES string of the molecule is Cc1c(C(=O)N2CCNCC2)noc1C(C)C. The zero-order valence-electron chi connectivity index (χ0n) is 10.6. The van der Waals surface area contributed by atoms with E-state index in [0.29, 0.717) is 5.69 Å². The number of aromatic nitrogens is 1. The number of hydrogen-bond acceptors (Lipinski definition) is 4. The molecule has 0 aromatic carbocycles. The number of carbonyl (C=O) groups excluding carboxylic acids is 1. The van der Waals surface area contributed by atoms with Crippen molar-refractivity contribution < 1.29 is 9.32 Å². The van der Waals surface area contributed by atoms with Crippen LogP contribution in [0.1, 0.15) is 41.6 Å². The van der Waals surface area contributed by atoms with E-state index in [1.54, 1.807) is 0 Å². The summed E-state index contributed by atoms with van der Waals surface area (Å²) in [5.41, 5.74) is 1.35. The molecular formula is C12H19N3O2. The van der Waals surface area contributed by atoms with Crippen molar-refractivity contribution >= 4 is 5.91 Å². The van der Waals surface area contributed by atoms with Gasteiger partial charge in [0.15, 0.2) is 5.69 Å². The summed E-state index contributed by atoms with van der Waals surface area (Å²) in [6.07, 6.45) is 0. The fraction of sp³-hybridized carbons (Fsp3) is 0.667. The number of nitrogens with zero attached hydrogens (tertiary/aromatic N) is 2. The second-order valence-electron chi connectivity index (χ2n) is 4.72. The molecule has 0 saturated carbocycles. The molecule has 1 aliphatic heterocycles. The van der Waals surface area contributed by atoms with Gasteiger partial charge in [-0.1, -0.05) is 19.0 Å². The third-order valence-corrected chi connectivity index (χ3v) is 3.09. The van der Waals surface area contributed by atoms with E-state index in [4.69, 9.17) is 4.52 Å². The van der Waals surface area contributed by atoms with Crippen LogP contribution in [0.4, 0.5) is 0 Å². The lowest BCUT2D eigenvalue weighted by molar-refractivity contribution is 0.0724. The van der Waals surface area contributed by atoms with E-state index in [1.807, 2.05) is 25.7 Å². The van der Waals surface area contributed by atoms with Gasteiger partial charge in [-0.2, -0.15) is 0 Å². The summed E-state index contributed by atoms with van der Waals surface area (Å²) in [5, 5.41) is 7.15. The molecule has 0 radical (unpaired) electrons. The van der Waals surface area contributed by atoms with Crippen molar-refractivity contribution in [3.8, 4) is 0 Å². The maximum absolute atomic E-state index is 12.2. The molecule has 0 bridgehead atoms. The maximum Gasteiger partial charge on any atom is 0.276 e. The highest BCUT2D eigenvalue weighted by Crippen LogP contribution is 2.22. The second-order valence-corrected chi connectivity index (χ2v) is 4.72. The van der Waals surface area contributed by atoms with Gasteiger partial charge in [-0.3, -0.25) is 4.79 Å². The highest BCUT2D eigenvalue weighted by molar-refractivity contribution is 5.93. The van der Waals surface area contributed by atoms with Crippen molar-refractivity contribution in [3.63, 3.8) is 0 Å². The largest absolute Gasteiger partial charge is 0.360 e. The Hall–Kier alpha value is -1.36. The van der Waals surface area contributed by atoms with Gasteiger partial charge in [0, 0.05) is 37.7 Å². The first-order valence-corrected chi connectivity index (χ1v) is 6.07. The van der Waals surface area contributed by atoms with Crippen LogP contribution in [-0.4, -0.2) is 42.1 Å². The van der Waals surface area contributed by atoms with Gasteiger partial charge in [0.05, 0.1) is 0 Å². The minimum atomic E-state index is -0.0142. The Balaban J connectivity index is 2.19. The first-order chi connectivity index (χ1) is 8.11. The van der Waals surface area contributed by atoms with Crippen molar-refractivity contribution in [2.24, 2.45) is 0 Å². The molecular weight excluding hydrogens is 218 g/mol. The summed E-state index contributed by atoms with van der Waals surface area (Å²) in [6.45, 7) is 9.14. The zero-order valence-corrected chi connectivity index (χ0v) is 10.6. The molecule has 0 atom stereocenters. The van der Waals surface area contributed by atoms with Crippen LogP contribution in [0.3, 0.4) is 0 Å². The Labute approximate surface area is 101 Å². The van der Waals surface area contributed by atoms with Gasteiger partial charge in [0.2, 0.25) is 0 Å². The first kappa shape index (κ1) is 12.1. The number of nitrogens with one attached hydrogen (secondary N) is 1. The van der Waals surface area contributed by atoms with Crippen molar-refractivity contribution in [2.75, 3.05) is 26.2 Å². The van der Waals surface area contributed by atoms with Gasteiger partial charge in [-0.25, -0.2) is 0 Å². The molecule has 5 nitrogen and oxygen atoms in total. The van der Waals surface area contributed by atoms with Crippen LogP contribution < -0.4 is 5.32 Å². The Kier molecular flexibility index (Phi) is 3.47. The minimum absolute atomic E-state index is 0.0142. The number of rotatable bonds is 2. The molecule has 1 amide bonds. The van der Waals surface area contributed by atoms with Gasteiger partial charge in [-0.15, -0.1) is 0 Å². The van der Waals surface area contributed by atoms with Crippen molar-refractivity contribution in [2.45, 2.75) is 26.7 Å². The van der Waals surface area contributed by atoms with E-state index >= 15 is 0 Å². The summed E-state index contributed by atoms with van der Waals surface area (Å²) >= 11 is 0. The van der Waals surface area contributed by atoms with E-state index in [1.165, 1.54) is 0 Å². The quantitative estimate of drug-likeness (QED) is 0.838. The third kappa shape index (κ3) is 2.34. The van der Waals surface area contributed by atoms with Crippen molar-refractivity contribution in [1.82, 2.24) is 15.4 Å². The first-order valence-electron chi connectivity index (χ1n) is 6.07. The number of piperazine rings is 1. The molecule has 2 rings (SSSR count). The number of carbonyl (C=O) groups is 1. The average molecular weight is 237 g/mol. The van der Waals surface area contributed by atoms with Gasteiger partial charge < -0.3 is 14.7 Å². The summed E-state index contributed by atoms with van der Waals surface area (Å²) in [6, 6.07) is 0. The predicted molar refractivity (Wildman–Crippen MR) is 64.1 cm³/mol. The molecule has 17 heavy (non-hydrogen) atoms. The van der Waals surface area contributed by atoms with Gasteiger partial charge in [-0.05, 0) is 6.92 Å². The second kappa shape index (κ2) is 4.87. The average Bonchev–Trinajstić information content (AvgIpc) is 2.71. The Morgan fingerprint density at radius 1 is 1.41 bits per heavy atom. The number of hydrogen-bond donors (Lipinski definition) is 1. The minimum Gasteiger partial charge on any atom is -0.360 e. The van der Waals surface area contributed by atoms with Crippen LogP contribution in [0.2, 0.25) is 0 Å². The Morgan fingerprint density at radius 3 is 2.59 bits per heavy atom. The topological polar surface area (TPSA) is 58.4 Å². The zero-order chi connectivity index (χ0) is 12.4. The normalized spacial score (nSPS) is 16.6. The lowest BCUT2D eigenvalue weighted by Gasteiger charge is -2.26. The third-order valence-electron chi connectivity index (χ3n) is 3.09. The molecule has 1 fully saturated rings. The molecule has 0 unspecified atom stereocenters. The molecule has 1 aromatic rings. The summed E-state index contributed by atoms with van der Waals surface area (Å²) in [4.78, 5) is 14.1. The molecule has 5 heteroatoms. The summed E-state index contributed by atoms with van der Waals surface area (Å²) < 4.78 is 5.26. The van der Waals surface area contributed by atoms with Gasteiger partial charge >= 0.3 is 0 Å². The van der Waals surface area contributed by atoms with Crippen LogP contribution in [0.5, 0.6) is 0 Å². The number of amides is 1. The van der Waals surface area contributed by atoms with Gasteiger partial charge in [0.25, 0.3) is 5.91 Å². The van der Waals surface area contributed by atoms with Gasteiger partial charge in [0.1, 0.15) is 5.76 Å². The predicted octanol–water partition coefficient (Wildman–Crippen LogP) is 1.15. The lowest BCUT2D eigenvalue weighted by Crippen LogP contribution is -2.46. The molecule has 94 valence electrons. The van der Waals surface area contributed by atoms with Crippen molar-refractivity contribution in [1.29, 1.82) is 0 Å². The van der Waals surface area contributed by atoms with E-state index in [0.717, 1.165) is 37.5 Å². The van der Waals surface area contributed by atoms with Crippen LogP contribution in [0, 0.1) is 6.92 Å². The van der Waals surface area contributed by atoms with E-state index < -0.39 is 0 Å². The summed E-state index contributed by atoms with van der Waals surface area (Å²) in [5.74, 6) is 1.05. The molecule has 2 heterocycles. The fourth-order valence-corrected chi connectivity index (χ4v) is 2.10. The van der Waals surface area contributed by atoms with E-state index in [9.17, 15) is 4.79 Å². The molecule has 0 aliphatic carbocycles.